The molecule has 5 nitrogen and oxygen atoms in total. The zero-order valence-corrected chi connectivity index (χ0v) is 13.0. The maximum absolute atomic E-state index is 12.3. The maximum atomic E-state index is 12.3. The number of hydrogen-bond donors (Lipinski definition) is 2. The molecule has 0 aliphatic carbocycles. The monoisotopic (exact) mass is 299 g/mol. The molecule has 1 aliphatic heterocycles. The molecule has 0 spiro atoms. The molecular formula is C17H21N3O2. The third kappa shape index (κ3) is 3.04. The molecule has 0 amide bonds. The third-order valence-electron chi connectivity index (χ3n) is 4.03. The summed E-state index contributed by atoms with van der Waals surface area (Å²) in [5.74, 6) is 1.27. The van der Waals surface area contributed by atoms with Crippen LogP contribution in [0, 0.1) is 0 Å². The molecule has 1 aromatic heterocycles. The van der Waals surface area contributed by atoms with Crippen LogP contribution < -0.4 is 5.56 Å². The summed E-state index contributed by atoms with van der Waals surface area (Å²) < 4.78 is 0. The molecule has 0 saturated heterocycles. The van der Waals surface area contributed by atoms with Crippen molar-refractivity contribution in [2.24, 2.45) is 0 Å². The summed E-state index contributed by atoms with van der Waals surface area (Å²) in [4.78, 5) is 22.0. The Morgan fingerprint density at radius 3 is 2.95 bits per heavy atom. The van der Waals surface area contributed by atoms with Gasteiger partial charge in [-0.2, -0.15) is 0 Å². The van der Waals surface area contributed by atoms with E-state index in [4.69, 9.17) is 0 Å². The van der Waals surface area contributed by atoms with Crippen molar-refractivity contribution in [2.75, 3.05) is 6.54 Å². The number of phenolic OH excluding ortho intramolecular Hbond substituents is 1. The lowest BCUT2D eigenvalue weighted by Gasteiger charge is -2.28. The lowest BCUT2D eigenvalue weighted by atomic mass is 10.0. The summed E-state index contributed by atoms with van der Waals surface area (Å²) in [7, 11) is 0. The molecule has 0 fully saturated rings. The first-order chi connectivity index (χ1) is 10.5. The predicted octanol–water partition coefficient (Wildman–Crippen LogP) is 2.16. The van der Waals surface area contributed by atoms with Gasteiger partial charge in [-0.3, -0.25) is 9.69 Å². The van der Waals surface area contributed by atoms with Gasteiger partial charge < -0.3 is 10.1 Å². The Morgan fingerprint density at radius 1 is 1.41 bits per heavy atom. The number of H-pyrrole nitrogens is 1. The van der Waals surface area contributed by atoms with Gasteiger partial charge in [0.2, 0.25) is 0 Å². The van der Waals surface area contributed by atoms with Crippen LogP contribution in [-0.4, -0.2) is 26.5 Å². The van der Waals surface area contributed by atoms with Crippen LogP contribution in [-0.2, 0) is 19.5 Å². The zero-order chi connectivity index (χ0) is 15.7. The third-order valence-corrected chi connectivity index (χ3v) is 4.03. The number of nitrogens with zero attached hydrogens (tertiary/aromatic N) is 2. The first-order valence-electron chi connectivity index (χ1n) is 7.65. The summed E-state index contributed by atoms with van der Waals surface area (Å²) >= 11 is 0. The second-order valence-electron chi connectivity index (χ2n) is 6.16. The fraction of sp³-hybridized carbons (Fsp3) is 0.412. The molecule has 0 saturated carbocycles. The Balaban J connectivity index is 1.81. The molecule has 2 aromatic rings. The Morgan fingerprint density at radius 2 is 2.23 bits per heavy atom. The van der Waals surface area contributed by atoms with Gasteiger partial charge in [0.05, 0.1) is 11.3 Å². The van der Waals surface area contributed by atoms with Crippen molar-refractivity contribution in [1.82, 2.24) is 14.9 Å². The Labute approximate surface area is 129 Å². The fourth-order valence-electron chi connectivity index (χ4n) is 2.82. The topological polar surface area (TPSA) is 69.2 Å². The van der Waals surface area contributed by atoms with Gasteiger partial charge in [0, 0.05) is 32.0 Å². The van der Waals surface area contributed by atoms with Crippen molar-refractivity contribution in [3.05, 3.63) is 57.3 Å². The minimum absolute atomic E-state index is 0.0192. The van der Waals surface area contributed by atoms with Crippen molar-refractivity contribution >= 4 is 0 Å². The number of benzene rings is 1. The number of aromatic amines is 1. The van der Waals surface area contributed by atoms with E-state index in [0.717, 1.165) is 42.2 Å². The van der Waals surface area contributed by atoms with E-state index in [2.05, 4.69) is 14.9 Å². The van der Waals surface area contributed by atoms with E-state index in [9.17, 15) is 9.90 Å². The minimum atomic E-state index is -0.0192. The van der Waals surface area contributed by atoms with Crippen LogP contribution in [0.25, 0.3) is 0 Å². The molecule has 116 valence electrons. The average molecular weight is 299 g/mol. The normalized spacial score (nSPS) is 15.0. The Kier molecular flexibility index (Phi) is 3.98. The van der Waals surface area contributed by atoms with Crippen LogP contribution in [0.15, 0.2) is 29.1 Å². The highest BCUT2D eigenvalue weighted by atomic mass is 16.3. The van der Waals surface area contributed by atoms with Gasteiger partial charge in [-0.25, -0.2) is 4.98 Å². The molecule has 2 heterocycles. The van der Waals surface area contributed by atoms with Crippen LogP contribution in [0.2, 0.25) is 0 Å². The summed E-state index contributed by atoms with van der Waals surface area (Å²) in [6.45, 7) is 6.25. The zero-order valence-electron chi connectivity index (χ0n) is 13.0. The van der Waals surface area contributed by atoms with Crippen LogP contribution in [0.4, 0.5) is 0 Å². The molecule has 0 atom stereocenters. The van der Waals surface area contributed by atoms with E-state index in [1.807, 2.05) is 26.0 Å². The first kappa shape index (κ1) is 14.8. The van der Waals surface area contributed by atoms with Gasteiger partial charge >= 0.3 is 0 Å². The lowest BCUT2D eigenvalue weighted by molar-refractivity contribution is 0.241. The molecule has 2 N–H and O–H groups in total. The molecule has 1 aromatic carbocycles. The predicted molar refractivity (Wildman–Crippen MR) is 84.9 cm³/mol. The number of fused-ring (bicyclic) bond motifs is 1. The van der Waals surface area contributed by atoms with Gasteiger partial charge in [0.15, 0.2) is 0 Å². The molecule has 1 aliphatic rings. The average Bonchev–Trinajstić information content (AvgIpc) is 2.47. The van der Waals surface area contributed by atoms with Crippen molar-refractivity contribution < 1.29 is 5.11 Å². The number of aromatic nitrogens is 2. The number of hydrogen-bond acceptors (Lipinski definition) is 4. The van der Waals surface area contributed by atoms with E-state index in [1.54, 1.807) is 12.1 Å². The quantitative estimate of drug-likeness (QED) is 0.911. The number of nitrogens with one attached hydrogen (secondary N) is 1. The van der Waals surface area contributed by atoms with Crippen molar-refractivity contribution in [1.29, 1.82) is 0 Å². The highest BCUT2D eigenvalue weighted by molar-refractivity contribution is 5.28. The maximum Gasteiger partial charge on any atom is 0.255 e. The summed E-state index contributed by atoms with van der Waals surface area (Å²) in [6, 6.07) is 7.25. The first-order valence-corrected chi connectivity index (χ1v) is 7.65. The van der Waals surface area contributed by atoms with Crippen LogP contribution in [0.1, 0.15) is 42.4 Å². The molecule has 0 unspecified atom stereocenters. The summed E-state index contributed by atoms with van der Waals surface area (Å²) in [5.41, 5.74) is 2.73. The van der Waals surface area contributed by atoms with Gasteiger partial charge in [-0.1, -0.05) is 26.0 Å². The van der Waals surface area contributed by atoms with E-state index in [0.29, 0.717) is 6.54 Å². The molecule has 0 bridgehead atoms. The molecule has 22 heavy (non-hydrogen) atoms. The van der Waals surface area contributed by atoms with E-state index >= 15 is 0 Å². The lowest BCUT2D eigenvalue weighted by Crippen LogP contribution is -2.35. The van der Waals surface area contributed by atoms with Crippen molar-refractivity contribution in [2.45, 2.75) is 39.3 Å². The summed E-state index contributed by atoms with van der Waals surface area (Å²) in [6.07, 6.45) is 0.789. The number of rotatable bonds is 3. The van der Waals surface area contributed by atoms with Crippen LogP contribution in [0.3, 0.4) is 0 Å². The van der Waals surface area contributed by atoms with Crippen LogP contribution in [0.5, 0.6) is 5.75 Å². The standard InChI is InChI=1S/C17H21N3O2/c1-11(2)16-18-15-6-7-20(10-14(15)17(22)19-16)9-12-4-3-5-13(21)8-12/h3-5,8,11,21H,6-7,9-10H2,1-2H3,(H,18,19,22). The molecular weight excluding hydrogens is 278 g/mol. The molecule has 5 heteroatoms. The SMILES string of the molecule is CC(C)c1nc2c(c(=O)[nH]1)CN(Cc1cccc(O)c1)CC2. The number of phenols is 1. The highest BCUT2D eigenvalue weighted by Crippen LogP contribution is 2.19. The van der Waals surface area contributed by atoms with Gasteiger partial charge in [0.25, 0.3) is 5.56 Å². The van der Waals surface area contributed by atoms with Gasteiger partial charge in [-0.05, 0) is 17.7 Å². The van der Waals surface area contributed by atoms with Gasteiger partial charge in [0.1, 0.15) is 11.6 Å². The fourth-order valence-corrected chi connectivity index (χ4v) is 2.82. The minimum Gasteiger partial charge on any atom is -0.508 e. The van der Waals surface area contributed by atoms with Crippen molar-refractivity contribution in [3.8, 4) is 5.75 Å². The number of aromatic hydroxyl groups is 1. The Hall–Kier alpha value is -2.14. The second-order valence-corrected chi connectivity index (χ2v) is 6.16. The van der Waals surface area contributed by atoms with Crippen molar-refractivity contribution in [3.63, 3.8) is 0 Å². The van der Waals surface area contributed by atoms with Gasteiger partial charge in [-0.15, -0.1) is 0 Å². The van der Waals surface area contributed by atoms with E-state index in [-0.39, 0.29) is 17.2 Å². The molecule has 3 rings (SSSR count). The largest absolute Gasteiger partial charge is 0.508 e. The second kappa shape index (κ2) is 5.93. The smallest absolute Gasteiger partial charge is 0.255 e. The highest BCUT2D eigenvalue weighted by Gasteiger charge is 2.21. The van der Waals surface area contributed by atoms with E-state index < -0.39 is 0 Å². The van der Waals surface area contributed by atoms with E-state index in [1.165, 1.54) is 0 Å². The Bertz CT molecular complexity index is 737. The summed E-state index contributed by atoms with van der Waals surface area (Å²) in [5, 5.41) is 9.54. The molecule has 0 radical (unpaired) electrons. The van der Waals surface area contributed by atoms with Crippen LogP contribution >= 0.6 is 0 Å².